The van der Waals surface area contributed by atoms with Crippen molar-refractivity contribution in [3.8, 4) is 0 Å². The van der Waals surface area contributed by atoms with E-state index in [0.29, 0.717) is 5.73 Å². The summed E-state index contributed by atoms with van der Waals surface area (Å²) in [5, 5.41) is 1.54. The largest absolute Gasteiger partial charge is 0.382 e. The first-order chi connectivity index (χ1) is 6.88. The fourth-order valence-electron chi connectivity index (χ4n) is 2.13. The van der Waals surface area contributed by atoms with Crippen molar-refractivity contribution in [1.82, 2.24) is 0 Å². The molecule has 1 heterocycles. The Morgan fingerprint density at radius 2 is 2.00 bits per heavy atom. The van der Waals surface area contributed by atoms with Crippen molar-refractivity contribution in [3.63, 3.8) is 0 Å². The average Bonchev–Trinajstić information content (AvgIpc) is 2.30. The van der Waals surface area contributed by atoms with Crippen LogP contribution < -0.4 is 5.19 Å². The van der Waals surface area contributed by atoms with Crippen LogP contribution in [-0.2, 0) is 4.74 Å². The van der Waals surface area contributed by atoms with Crippen molar-refractivity contribution in [2.45, 2.75) is 25.0 Å². The van der Waals surface area contributed by atoms with Crippen molar-refractivity contribution >= 4 is 21.3 Å². The van der Waals surface area contributed by atoms with Gasteiger partial charge >= 0.3 is 0 Å². The Labute approximate surface area is 88.4 Å². The fourth-order valence-corrected chi connectivity index (χ4v) is 4.55. The normalized spacial score (nSPS) is 24.4. The first kappa shape index (κ1) is 10.00. The number of hydrogen-bond acceptors (Lipinski definition) is 1. The molecule has 1 aromatic carbocycles. The molecular formula is C11H17BOSi. The van der Waals surface area contributed by atoms with Crippen LogP contribution in [0.3, 0.4) is 0 Å². The summed E-state index contributed by atoms with van der Waals surface area (Å²) in [4.78, 5) is 0. The van der Waals surface area contributed by atoms with E-state index in [1.54, 1.807) is 5.19 Å². The second-order valence-corrected chi connectivity index (χ2v) is 7.09. The smallest absolute Gasteiger partial charge is 0.102 e. The monoisotopic (exact) mass is 204 g/mol. The number of benzene rings is 1. The summed E-state index contributed by atoms with van der Waals surface area (Å²) in [6.45, 7) is 0.981. The van der Waals surface area contributed by atoms with Crippen molar-refractivity contribution in [3.05, 3.63) is 30.3 Å². The zero-order valence-corrected chi connectivity index (χ0v) is 9.93. The van der Waals surface area contributed by atoms with Crippen LogP contribution in [0.2, 0.25) is 0 Å². The Morgan fingerprint density at radius 1 is 1.21 bits per heavy atom. The van der Waals surface area contributed by atoms with Crippen LogP contribution in [0.1, 0.15) is 19.3 Å². The lowest BCUT2D eigenvalue weighted by atomic mass is 10.2. The minimum atomic E-state index is -0.864. The Bertz CT molecular complexity index is 272. The molecule has 0 bridgehead atoms. The molecule has 1 aromatic rings. The van der Waals surface area contributed by atoms with E-state index >= 15 is 0 Å². The van der Waals surface area contributed by atoms with Crippen molar-refractivity contribution in [1.29, 1.82) is 0 Å². The minimum Gasteiger partial charge on any atom is -0.382 e. The third-order valence-corrected chi connectivity index (χ3v) is 6.18. The predicted molar refractivity (Wildman–Crippen MR) is 65.4 cm³/mol. The predicted octanol–water partition coefficient (Wildman–Crippen LogP) is 0.359. The van der Waals surface area contributed by atoms with E-state index < -0.39 is 8.67 Å². The summed E-state index contributed by atoms with van der Waals surface area (Å²) in [5.41, 5.74) is 0.575. The van der Waals surface area contributed by atoms with Crippen LogP contribution in [0.5, 0.6) is 0 Å². The zero-order chi connectivity index (χ0) is 9.80. The molecule has 0 saturated carbocycles. The molecule has 0 aliphatic carbocycles. The van der Waals surface area contributed by atoms with Gasteiger partial charge in [0.15, 0.2) is 0 Å². The molecule has 3 heteroatoms. The van der Waals surface area contributed by atoms with Crippen molar-refractivity contribution < 1.29 is 4.74 Å². The summed E-state index contributed by atoms with van der Waals surface area (Å²) < 4.78 is 5.86. The maximum atomic E-state index is 5.86. The van der Waals surface area contributed by atoms with E-state index in [1.165, 1.54) is 19.3 Å². The van der Waals surface area contributed by atoms with E-state index in [2.05, 4.69) is 37.8 Å². The summed E-state index contributed by atoms with van der Waals surface area (Å²) in [6.07, 6.45) is 3.89. The van der Waals surface area contributed by atoms with Gasteiger partial charge in [0.25, 0.3) is 0 Å². The Kier molecular flexibility index (Phi) is 3.43. The summed E-state index contributed by atoms with van der Waals surface area (Å²) in [7, 11) is 1.54. The highest BCUT2D eigenvalue weighted by Crippen LogP contribution is 2.13. The molecule has 1 aliphatic rings. The molecule has 0 aromatic heterocycles. The van der Waals surface area contributed by atoms with Gasteiger partial charge in [0.05, 0.1) is 8.67 Å². The lowest BCUT2D eigenvalue weighted by Crippen LogP contribution is -2.46. The van der Waals surface area contributed by atoms with E-state index in [0.717, 1.165) is 6.61 Å². The molecule has 74 valence electrons. The number of rotatable bonds is 2. The van der Waals surface area contributed by atoms with E-state index in [-0.39, 0.29) is 0 Å². The lowest BCUT2D eigenvalue weighted by molar-refractivity contribution is 0.0650. The highest BCUT2D eigenvalue weighted by atomic mass is 28.3. The second-order valence-electron chi connectivity index (χ2n) is 4.10. The first-order valence-electron chi connectivity index (χ1n) is 5.54. The molecular weight excluding hydrogens is 187 g/mol. The number of ether oxygens (including phenoxy) is 1. The maximum Gasteiger partial charge on any atom is 0.102 e. The molecule has 1 saturated heterocycles. The zero-order valence-electron chi connectivity index (χ0n) is 8.78. The molecule has 1 aliphatic heterocycles. The third-order valence-electron chi connectivity index (χ3n) is 3.10. The third kappa shape index (κ3) is 2.28. The van der Waals surface area contributed by atoms with Gasteiger partial charge in [0, 0.05) is 12.3 Å². The van der Waals surface area contributed by atoms with Gasteiger partial charge in [-0.1, -0.05) is 35.5 Å². The Balaban J connectivity index is 2.03. The van der Waals surface area contributed by atoms with Crippen LogP contribution in [0, 0.1) is 0 Å². The first-order valence-corrected chi connectivity index (χ1v) is 7.94. The van der Waals surface area contributed by atoms with Crippen molar-refractivity contribution in [2.75, 3.05) is 6.61 Å². The molecule has 0 amide bonds. The van der Waals surface area contributed by atoms with Gasteiger partial charge in [-0.25, -0.2) is 0 Å². The molecule has 14 heavy (non-hydrogen) atoms. The minimum absolute atomic E-state index is 0.575. The van der Waals surface area contributed by atoms with E-state index in [9.17, 15) is 0 Å². The maximum absolute atomic E-state index is 5.86. The lowest BCUT2D eigenvalue weighted by Gasteiger charge is -2.27. The fraction of sp³-hybridized carbons (Fsp3) is 0.455. The van der Waals surface area contributed by atoms with E-state index in [1.807, 2.05) is 0 Å². The van der Waals surface area contributed by atoms with Crippen LogP contribution in [0.25, 0.3) is 0 Å². The standard InChI is InChI=1S/C11H17BOSi/c12-14(10-6-2-1-3-7-10)11-8-4-5-9-13-11/h1-3,6-7,11,14H,4-5,8-9,12H2. The van der Waals surface area contributed by atoms with Gasteiger partial charge in [-0.2, -0.15) is 0 Å². The van der Waals surface area contributed by atoms with Crippen LogP contribution in [-0.4, -0.2) is 28.4 Å². The quantitative estimate of drug-likeness (QED) is 0.632. The van der Waals surface area contributed by atoms with Gasteiger partial charge in [0.2, 0.25) is 0 Å². The Hall–Kier alpha value is -0.538. The van der Waals surface area contributed by atoms with Gasteiger partial charge in [-0.3, -0.25) is 0 Å². The summed E-state index contributed by atoms with van der Waals surface area (Å²) >= 11 is 0. The van der Waals surface area contributed by atoms with Crippen molar-refractivity contribution in [2.24, 2.45) is 0 Å². The second kappa shape index (κ2) is 4.80. The molecule has 0 spiro atoms. The molecule has 2 unspecified atom stereocenters. The van der Waals surface area contributed by atoms with Gasteiger partial charge in [-0.05, 0) is 19.3 Å². The molecule has 2 rings (SSSR count). The van der Waals surface area contributed by atoms with Gasteiger partial charge < -0.3 is 4.74 Å². The molecule has 0 radical (unpaired) electrons. The average molecular weight is 204 g/mol. The van der Waals surface area contributed by atoms with Gasteiger partial charge in [0.1, 0.15) is 7.44 Å². The highest BCUT2D eigenvalue weighted by molar-refractivity contribution is 7.11. The highest BCUT2D eigenvalue weighted by Gasteiger charge is 2.22. The molecule has 0 N–H and O–H groups in total. The topological polar surface area (TPSA) is 9.23 Å². The summed E-state index contributed by atoms with van der Waals surface area (Å²) in [5.74, 6) is 0. The molecule has 1 fully saturated rings. The number of hydrogen-bond donors (Lipinski definition) is 0. The van der Waals surface area contributed by atoms with Crippen LogP contribution in [0.15, 0.2) is 30.3 Å². The van der Waals surface area contributed by atoms with Crippen LogP contribution in [0.4, 0.5) is 0 Å². The van der Waals surface area contributed by atoms with Crippen LogP contribution >= 0.6 is 0 Å². The summed E-state index contributed by atoms with van der Waals surface area (Å²) in [6, 6.07) is 10.9. The molecule has 2 atom stereocenters. The SMILES string of the molecule is B[SiH](c1ccccc1)C1CCCCO1. The van der Waals surface area contributed by atoms with Gasteiger partial charge in [-0.15, -0.1) is 0 Å². The van der Waals surface area contributed by atoms with E-state index in [4.69, 9.17) is 4.74 Å². The Morgan fingerprint density at radius 3 is 2.64 bits per heavy atom. The molecule has 1 nitrogen and oxygen atoms in total.